The van der Waals surface area contributed by atoms with E-state index in [2.05, 4.69) is 5.32 Å². The summed E-state index contributed by atoms with van der Waals surface area (Å²) in [6, 6.07) is 16.9. The lowest BCUT2D eigenvalue weighted by Gasteiger charge is -2.10. The summed E-state index contributed by atoms with van der Waals surface area (Å²) in [4.78, 5) is 12.0. The van der Waals surface area contributed by atoms with Crippen LogP contribution in [0.5, 0.6) is 0 Å². The Hall–Kier alpha value is -1.80. The second-order valence-corrected chi connectivity index (χ2v) is 4.56. The Morgan fingerprint density at radius 3 is 2.28 bits per heavy atom. The summed E-state index contributed by atoms with van der Waals surface area (Å²) >= 11 is 6.13. The van der Waals surface area contributed by atoms with Crippen LogP contribution in [0, 0.1) is 6.92 Å². The molecule has 3 heteroatoms. The van der Waals surface area contributed by atoms with E-state index in [1.807, 2.05) is 61.5 Å². The van der Waals surface area contributed by atoms with Gasteiger partial charge >= 0.3 is 0 Å². The van der Waals surface area contributed by atoms with Crippen molar-refractivity contribution in [1.29, 1.82) is 0 Å². The third kappa shape index (κ3) is 3.11. The largest absolute Gasteiger partial charge is 0.325 e. The maximum Gasteiger partial charge on any atom is 0.246 e. The fraction of sp³-hybridized carbons (Fsp3) is 0.133. The van der Waals surface area contributed by atoms with Crippen molar-refractivity contribution in [2.24, 2.45) is 0 Å². The Balaban J connectivity index is 2.06. The first-order valence-corrected chi connectivity index (χ1v) is 6.17. The van der Waals surface area contributed by atoms with Gasteiger partial charge in [-0.05, 0) is 24.6 Å². The third-order valence-electron chi connectivity index (χ3n) is 2.64. The monoisotopic (exact) mass is 259 g/mol. The molecule has 0 spiro atoms. The molecule has 0 aliphatic carbocycles. The van der Waals surface area contributed by atoms with Crippen LogP contribution in [-0.4, -0.2) is 5.91 Å². The molecule has 0 saturated carbocycles. The number of alkyl halides is 1. The van der Waals surface area contributed by atoms with Crippen LogP contribution in [0.15, 0.2) is 54.6 Å². The maximum absolute atomic E-state index is 12.0. The standard InChI is InChI=1S/C15H14ClNO/c1-11-7-9-13(10-8-11)17-15(18)14(16)12-5-3-2-4-6-12/h2-10,14H,1H3,(H,17,18)/t14-/m1/s1. The van der Waals surface area contributed by atoms with Crippen LogP contribution in [0.3, 0.4) is 0 Å². The molecular formula is C15H14ClNO. The van der Waals surface area contributed by atoms with Crippen LogP contribution in [0.2, 0.25) is 0 Å². The Morgan fingerprint density at radius 2 is 1.67 bits per heavy atom. The molecular weight excluding hydrogens is 246 g/mol. The smallest absolute Gasteiger partial charge is 0.246 e. The van der Waals surface area contributed by atoms with Crippen molar-refractivity contribution >= 4 is 23.2 Å². The van der Waals surface area contributed by atoms with Gasteiger partial charge in [-0.15, -0.1) is 11.6 Å². The molecule has 0 bridgehead atoms. The number of aryl methyl sites for hydroxylation is 1. The highest BCUT2D eigenvalue weighted by atomic mass is 35.5. The lowest BCUT2D eigenvalue weighted by molar-refractivity contribution is -0.116. The van der Waals surface area contributed by atoms with Crippen LogP contribution < -0.4 is 5.32 Å². The molecule has 2 aromatic carbocycles. The summed E-state index contributed by atoms with van der Waals surface area (Å²) in [5.74, 6) is -0.216. The van der Waals surface area contributed by atoms with E-state index in [1.165, 1.54) is 0 Å². The fourth-order valence-electron chi connectivity index (χ4n) is 1.62. The van der Waals surface area contributed by atoms with Crippen molar-refractivity contribution in [3.05, 3.63) is 65.7 Å². The first kappa shape index (κ1) is 12.7. The number of rotatable bonds is 3. The summed E-state index contributed by atoms with van der Waals surface area (Å²) in [5, 5.41) is 2.12. The molecule has 1 amide bonds. The van der Waals surface area contributed by atoms with Crippen LogP contribution in [-0.2, 0) is 4.79 Å². The van der Waals surface area contributed by atoms with Gasteiger partial charge in [-0.1, -0.05) is 48.0 Å². The molecule has 92 valence electrons. The van der Waals surface area contributed by atoms with E-state index in [1.54, 1.807) is 0 Å². The Kier molecular flexibility index (Phi) is 4.00. The number of hydrogen-bond acceptors (Lipinski definition) is 1. The lowest BCUT2D eigenvalue weighted by atomic mass is 10.1. The van der Waals surface area contributed by atoms with Crippen molar-refractivity contribution < 1.29 is 4.79 Å². The summed E-state index contributed by atoms with van der Waals surface area (Å²) in [6.07, 6.45) is 0. The summed E-state index contributed by atoms with van der Waals surface area (Å²) in [7, 11) is 0. The molecule has 2 aromatic rings. The van der Waals surface area contributed by atoms with Gasteiger partial charge < -0.3 is 5.32 Å². The van der Waals surface area contributed by atoms with E-state index < -0.39 is 5.38 Å². The second-order valence-electron chi connectivity index (χ2n) is 4.13. The predicted molar refractivity (Wildman–Crippen MR) is 74.8 cm³/mol. The molecule has 0 radical (unpaired) electrons. The molecule has 0 heterocycles. The summed E-state index contributed by atoms with van der Waals surface area (Å²) < 4.78 is 0. The zero-order valence-electron chi connectivity index (χ0n) is 10.1. The van der Waals surface area contributed by atoms with Crippen LogP contribution in [0.4, 0.5) is 5.69 Å². The van der Waals surface area contributed by atoms with Gasteiger partial charge in [0.1, 0.15) is 5.38 Å². The molecule has 2 nitrogen and oxygen atoms in total. The quantitative estimate of drug-likeness (QED) is 0.832. The van der Waals surface area contributed by atoms with E-state index in [-0.39, 0.29) is 5.91 Å². The van der Waals surface area contributed by atoms with Crippen molar-refractivity contribution in [3.8, 4) is 0 Å². The number of halogens is 1. The summed E-state index contributed by atoms with van der Waals surface area (Å²) in [5.41, 5.74) is 2.70. The molecule has 18 heavy (non-hydrogen) atoms. The van der Waals surface area contributed by atoms with Gasteiger partial charge in [0.25, 0.3) is 0 Å². The molecule has 1 N–H and O–H groups in total. The lowest BCUT2D eigenvalue weighted by Crippen LogP contribution is -2.17. The molecule has 0 aliphatic rings. The SMILES string of the molecule is Cc1ccc(NC(=O)[C@H](Cl)c2ccccc2)cc1. The average molecular weight is 260 g/mol. The maximum atomic E-state index is 12.0. The van der Waals surface area contributed by atoms with E-state index in [0.717, 1.165) is 16.8 Å². The zero-order chi connectivity index (χ0) is 13.0. The van der Waals surface area contributed by atoms with Gasteiger partial charge in [0, 0.05) is 5.69 Å². The highest BCUT2D eigenvalue weighted by Gasteiger charge is 2.17. The number of carbonyl (C=O) groups is 1. The number of carbonyl (C=O) groups excluding carboxylic acids is 1. The number of hydrogen-bond donors (Lipinski definition) is 1. The van der Waals surface area contributed by atoms with Gasteiger partial charge in [-0.3, -0.25) is 4.79 Å². The molecule has 0 saturated heterocycles. The minimum atomic E-state index is -0.674. The van der Waals surface area contributed by atoms with Crippen LogP contribution >= 0.6 is 11.6 Å². The highest BCUT2D eigenvalue weighted by Crippen LogP contribution is 2.22. The van der Waals surface area contributed by atoms with Crippen LogP contribution in [0.1, 0.15) is 16.5 Å². The van der Waals surface area contributed by atoms with Crippen molar-refractivity contribution in [3.63, 3.8) is 0 Å². The second kappa shape index (κ2) is 5.69. The zero-order valence-corrected chi connectivity index (χ0v) is 10.8. The average Bonchev–Trinajstić information content (AvgIpc) is 2.41. The van der Waals surface area contributed by atoms with E-state index in [0.29, 0.717) is 0 Å². The minimum absolute atomic E-state index is 0.216. The number of amides is 1. The predicted octanol–water partition coefficient (Wildman–Crippen LogP) is 3.91. The topological polar surface area (TPSA) is 29.1 Å². The van der Waals surface area contributed by atoms with Gasteiger partial charge in [0.15, 0.2) is 0 Å². The van der Waals surface area contributed by atoms with E-state index in [4.69, 9.17) is 11.6 Å². The van der Waals surface area contributed by atoms with E-state index in [9.17, 15) is 4.79 Å². The Labute approximate surface area is 112 Å². The van der Waals surface area contributed by atoms with Gasteiger partial charge in [-0.25, -0.2) is 0 Å². The Morgan fingerprint density at radius 1 is 1.06 bits per heavy atom. The number of benzene rings is 2. The van der Waals surface area contributed by atoms with Gasteiger partial charge in [0.2, 0.25) is 5.91 Å². The summed E-state index contributed by atoms with van der Waals surface area (Å²) in [6.45, 7) is 2.00. The normalized spacial score (nSPS) is 11.9. The van der Waals surface area contributed by atoms with Gasteiger partial charge in [0.05, 0.1) is 0 Å². The Bertz CT molecular complexity index is 522. The molecule has 0 unspecified atom stereocenters. The highest BCUT2D eigenvalue weighted by molar-refractivity contribution is 6.32. The van der Waals surface area contributed by atoms with Crippen molar-refractivity contribution in [1.82, 2.24) is 0 Å². The van der Waals surface area contributed by atoms with Crippen LogP contribution in [0.25, 0.3) is 0 Å². The number of anilines is 1. The molecule has 1 atom stereocenters. The minimum Gasteiger partial charge on any atom is -0.325 e. The van der Waals surface area contributed by atoms with E-state index >= 15 is 0 Å². The molecule has 0 aliphatic heterocycles. The molecule has 0 aromatic heterocycles. The number of nitrogens with one attached hydrogen (secondary N) is 1. The molecule has 0 fully saturated rings. The fourth-order valence-corrected chi connectivity index (χ4v) is 1.82. The first-order valence-electron chi connectivity index (χ1n) is 5.73. The third-order valence-corrected chi connectivity index (χ3v) is 3.09. The van der Waals surface area contributed by atoms with Gasteiger partial charge in [-0.2, -0.15) is 0 Å². The van der Waals surface area contributed by atoms with Crippen molar-refractivity contribution in [2.45, 2.75) is 12.3 Å². The molecule has 2 rings (SSSR count). The first-order chi connectivity index (χ1) is 8.66. The van der Waals surface area contributed by atoms with Crippen molar-refractivity contribution in [2.75, 3.05) is 5.32 Å².